The summed E-state index contributed by atoms with van der Waals surface area (Å²) in [5, 5.41) is 5.43. The van der Waals surface area contributed by atoms with Gasteiger partial charge in [-0.2, -0.15) is 0 Å². The quantitative estimate of drug-likeness (QED) is 0.829. The van der Waals surface area contributed by atoms with Gasteiger partial charge in [-0.1, -0.05) is 24.3 Å². The number of carbonyl (C=O) groups is 2. The Labute approximate surface area is 141 Å². The van der Waals surface area contributed by atoms with Crippen LogP contribution in [-0.4, -0.2) is 33.2 Å². The number of esters is 1. The molecule has 24 heavy (non-hydrogen) atoms. The van der Waals surface area contributed by atoms with Crippen molar-refractivity contribution in [3.8, 4) is 0 Å². The fourth-order valence-corrected chi connectivity index (χ4v) is 2.14. The van der Waals surface area contributed by atoms with Crippen molar-refractivity contribution in [1.29, 1.82) is 0 Å². The van der Waals surface area contributed by atoms with E-state index in [0.29, 0.717) is 17.8 Å². The number of para-hydroxylation sites is 1. The zero-order valence-electron chi connectivity index (χ0n) is 14.0. The summed E-state index contributed by atoms with van der Waals surface area (Å²) in [6.07, 6.45) is 0. The predicted molar refractivity (Wildman–Crippen MR) is 94.4 cm³/mol. The first-order chi connectivity index (χ1) is 11.5. The van der Waals surface area contributed by atoms with E-state index in [1.165, 1.54) is 7.11 Å². The van der Waals surface area contributed by atoms with Crippen molar-refractivity contribution in [1.82, 2.24) is 5.32 Å². The third-order valence-corrected chi connectivity index (χ3v) is 3.49. The topological polar surface area (TPSA) is 70.7 Å². The van der Waals surface area contributed by atoms with Crippen LogP contribution in [0, 0.1) is 0 Å². The van der Waals surface area contributed by atoms with Gasteiger partial charge in [0.1, 0.15) is 0 Å². The number of amides is 2. The van der Waals surface area contributed by atoms with Gasteiger partial charge in [0.15, 0.2) is 0 Å². The molecule has 2 aromatic carbocycles. The second-order valence-electron chi connectivity index (χ2n) is 5.41. The highest BCUT2D eigenvalue weighted by atomic mass is 16.5. The van der Waals surface area contributed by atoms with Gasteiger partial charge < -0.3 is 20.3 Å². The third kappa shape index (κ3) is 4.49. The molecular weight excluding hydrogens is 306 g/mol. The number of nitrogens with zero attached hydrogens (tertiary/aromatic N) is 1. The van der Waals surface area contributed by atoms with Crippen molar-refractivity contribution >= 4 is 23.4 Å². The number of anilines is 2. The smallest absolute Gasteiger partial charge is 0.339 e. The Kier molecular flexibility index (Phi) is 5.78. The van der Waals surface area contributed by atoms with Gasteiger partial charge in [0.2, 0.25) is 0 Å². The van der Waals surface area contributed by atoms with E-state index in [1.807, 2.05) is 43.3 Å². The zero-order chi connectivity index (χ0) is 17.5. The molecule has 0 radical (unpaired) electrons. The van der Waals surface area contributed by atoms with Gasteiger partial charge in [-0.05, 0) is 29.8 Å². The fourth-order valence-electron chi connectivity index (χ4n) is 2.14. The molecular formula is C18H21N3O3. The summed E-state index contributed by atoms with van der Waals surface area (Å²) in [6.45, 7) is 0.389. The molecule has 126 valence electrons. The van der Waals surface area contributed by atoms with Gasteiger partial charge in [0.25, 0.3) is 0 Å². The minimum atomic E-state index is -0.495. The van der Waals surface area contributed by atoms with Crippen LogP contribution in [0.25, 0.3) is 0 Å². The van der Waals surface area contributed by atoms with Crippen LogP contribution in [0.2, 0.25) is 0 Å². The predicted octanol–water partition coefficient (Wildman–Crippen LogP) is 2.86. The summed E-state index contributed by atoms with van der Waals surface area (Å²) < 4.78 is 4.70. The average Bonchev–Trinajstić information content (AvgIpc) is 2.60. The molecule has 0 saturated carbocycles. The van der Waals surface area contributed by atoms with Crippen molar-refractivity contribution in [3.05, 3.63) is 59.7 Å². The minimum Gasteiger partial charge on any atom is -0.465 e. The van der Waals surface area contributed by atoms with Gasteiger partial charge in [-0.25, -0.2) is 9.59 Å². The molecule has 6 heteroatoms. The van der Waals surface area contributed by atoms with Gasteiger partial charge in [0, 0.05) is 26.3 Å². The van der Waals surface area contributed by atoms with E-state index in [2.05, 4.69) is 10.6 Å². The molecule has 2 N–H and O–H groups in total. The Morgan fingerprint density at radius 1 is 1.04 bits per heavy atom. The molecule has 0 unspecified atom stereocenters. The van der Waals surface area contributed by atoms with Crippen molar-refractivity contribution < 1.29 is 14.3 Å². The molecule has 0 aliphatic heterocycles. The molecule has 0 bridgehead atoms. The number of ether oxygens (including phenoxy) is 1. The van der Waals surface area contributed by atoms with E-state index in [1.54, 1.807) is 24.3 Å². The minimum absolute atomic E-state index is 0.311. The zero-order valence-corrected chi connectivity index (χ0v) is 14.0. The summed E-state index contributed by atoms with van der Waals surface area (Å²) in [5.74, 6) is -0.495. The van der Waals surface area contributed by atoms with Crippen LogP contribution in [0.5, 0.6) is 0 Å². The van der Waals surface area contributed by atoms with E-state index < -0.39 is 5.97 Å². The number of carbonyl (C=O) groups excluding carboxylic acids is 2. The van der Waals surface area contributed by atoms with Gasteiger partial charge in [0.05, 0.1) is 18.4 Å². The second-order valence-corrected chi connectivity index (χ2v) is 5.41. The summed E-state index contributed by atoms with van der Waals surface area (Å²) in [5.41, 5.74) is 2.79. The van der Waals surface area contributed by atoms with Crippen LogP contribution < -0.4 is 15.5 Å². The fraction of sp³-hybridized carbons (Fsp3) is 0.222. The highest BCUT2D eigenvalue weighted by molar-refractivity contribution is 6.00. The molecule has 2 amide bonds. The summed E-state index contributed by atoms with van der Waals surface area (Å²) in [7, 11) is 5.25. The van der Waals surface area contributed by atoms with Crippen LogP contribution in [0.15, 0.2) is 48.5 Å². The maximum absolute atomic E-state index is 12.0. The SMILES string of the molecule is COC(=O)c1ccccc1NC(=O)NCc1ccc(N(C)C)cc1. The van der Waals surface area contributed by atoms with E-state index in [9.17, 15) is 9.59 Å². The molecule has 0 atom stereocenters. The lowest BCUT2D eigenvalue weighted by Gasteiger charge is -2.13. The number of benzene rings is 2. The molecule has 2 aromatic rings. The number of urea groups is 1. The molecule has 0 fully saturated rings. The van der Waals surface area contributed by atoms with Crippen molar-refractivity contribution in [2.75, 3.05) is 31.4 Å². The highest BCUT2D eigenvalue weighted by Gasteiger charge is 2.12. The van der Waals surface area contributed by atoms with Crippen LogP contribution in [0.3, 0.4) is 0 Å². The Morgan fingerprint density at radius 3 is 2.33 bits per heavy atom. The number of methoxy groups -OCH3 is 1. The van der Waals surface area contributed by atoms with Gasteiger partial charge in [-0.3, -0.25) is 0 Å². The molecule has 0 aromatic heterocycles. The Balaban J connectivity index is 1.95. The molecule has 0 aliphatic rings. The normalized spacial score (nSPS) is 9.96. The molecule has 0 aliphatic carbocycles. The lowest BCUT2D eigenvalue weighted by Crippen LogP contribution is -2.29. The summed E-state index contributed by atoms with van der Waals surface area (Å²) in [6, 6.07) is 14.2. The molecule has 2 rings (SSSR count). The lowest BCUT2D eigenvalue weighted by molar-refractivity contribution is 0.0602. The van der Waals surface area contributed by atoms with Crippen LogP contribution >= 0.6 is 0 Å². The van der Waals surface area contributed by atoms with Crippen LogP contribution in [0.4, 0.5) is 16.2 Å². The Bertz CT molecular complexity index is 712. The standard InChI is InChI=1S/C18H21N3O3/c1-21(2)14-10-8-13(9-11-14)12-19-18(23)20-16-7-5-4-6-15(16)17(22)24-3/h4-11H,12H2,1-3H3,(H2,19,20,23). The number of nitrogens with one attached hydrogen (secondary N) is 2. The maximum atomic E-state index is 12.0. The Morgan fingerprint density at radius 2 is 1.71 bits per heavy atom. The highest BCUT2D eigenvalue weighted by Crippen LogP contribution is 2.16. The van der Waals surface area contributed by atoms with Gasteiger partial charge in [-0.15, -0.1) is 0 Å². The monoisotopic (exact) mass is 327 g/mol. The third-order valence-electron chi connectivity index (χ3n) is 3.49. The summed E-state index contributed by atoms with van der Waals surface area (Å²) >= 11 is 0. The van der Waals surface area contributed by atoms with Crippen molar-refractivity contribution in [2.24, 2.45) is 0 Å². The first kappa shape index (κ1) is 17.3. The summed E-state index contributed by atoms with van der Waals surface area (Å²) in [4.78, 5) is 25.7. The second kappa shape index (κ2) is 8.01. The van der Waals surface area contributed by atoms with E-state index in [0.717, 1.165) is 11.3 Å². The molecule has 0 heterocycles. The Hall–Kier alpha value is -3.02. The number of hydrogen-bond donors (Lipinski definition) is 2. The van der Waals surface area contributed by atoms with E-state index >= 15 is 0 Å². The molecule has 0 saturated heterocycles. The van der Waals surface area contributed by atoms with Crippen LogP contribution in [0.1, 0.15) is 15.9 Å². The van der Waals surface area contributed by atoms with Crippen LogP contribution in [-0.2, 0) is 11.3 Å². The van der Waals surface area contributed by atoms with Gasteiger partial charge >= 0.3 is 12.0 Å². The van der Waals surface area contributed by atoms with Crippen molar-refractivity contribution in [3.63, 3.8) is 0 Å². The molecule has 0 spiro atoms. The first-order valence-corrected chi connectivity index (χ1v) is 7.49. The van der Waals surface area contributed by atoms with E-state index in [-0.39, 0.29) is 6.03 Å². The maximum Gasteiger partial charge on any atom is 0.339 e. The molecule has 6 nitrogen and oxygen atoms in total. The number of hydrogen-bond acceptors (Lipinski definition) is 4. The largest absolute Gasteiger partial charge is 0.465 e. The average molecular weight is 327 g/mol. The van der Waals surface area contributed by atoms with Crippen molar-refractivity contribution in [2.45, 2.75) is 6.54 Å². The lowest BCUT2D eigenvalue weighted by atomic mass is 10.2. The van der Waals surface area contributed by atoms with E-state index in [4.69, 9.17) is 4.74 Å². The first-order valence-electron chi connectivity index (χ1n) is 7.49. The number of rotatable bonds is 5.